The molecule has 1 saturated carbocycles. The molecule has 0 radical (unpaired) electrons. The summed E-state index contributed by atoms with van der Waals surface area (Å²) in [5.74, 6) is 0.695. The topological polar surface area (TPSA) is 63.8 Å². The van der Waals surface area contributed by atoms with Crippen molar-refractivity contribution in [2.75, 3.05) is 17.3 Å². The highest BCUT2D eigenvalue weighted by atomic mass is 32.2. The number of anilines is 2. The quantitative estimate of drug-likeness (QED) is 0.844. The van der Waals surface area contributed by atoms with Crippen molar-refractivity contribution in [2.24, 2.45) is 0 Å². The van der Waals surface area contributed by atoms with Crippen molar-refractivity contribution in [2.45, 2.75) is 37.0 Å². The first-order valence-corrected chi connectivity index (χ1v) is 6.93. The Morgan fingerprint density at radius 2 is 2.12 bits per heavy atom. The third-order valence-corrected chi connectivity index (χ3v) is 4.06. The Kier molecular flexibility index (Phi) is 3.88. The van der Waals surface area contributed by atoms with E-state index in [2.05, 4.69) is 21.5 Å². The first-order valence-electron chi connectivity index (χ1n) is 5.65. The van der Waals surface area contributed by atoms with Crippen LogP contribution in [0.25, 0.3) is 0 Å². The number of thioether (sulfide) groups is 1. The van der Waals surface area contributed by atoms with Crippen LogP contribution < -0.4 is 11.1 Å². The average molecular weight is 238 g/mol. The van der Waals surface area contributed by atoms with Gasteiger partial charge in [0.25, 0.3) is 0 Å². The summed E-state index contributed by atoms with van der Waals surface area (Å²) in [6, 6.07) is 0.509. The Balaban J connectivity index is 1.91. The molecule has 2 rings (SSSR count). The van der Waals surface area contributed by atoms with E-state index in [9.17, 15) is 0 Å². The number of hydrogen-bond donors (Lipinski definition) is 2. The number of nitrogens with one attached hydrogen (secondary N) is 1. The zero-order valence-corrected chi connectivity index (χ0v) is 10.3. The molecule has 1 aliphatic carbocycles. The third kappa shape index (κ3) is 3.01. The highest BCUT2D eigenvalue weighted by Gasteiger charge is 2.21. The highest BCUT2D eigenvalue weighted by molar-refractivity contribution is 7.99. The number of nitrogens with zero attached hydrogens (tertiary/aromatic N) is 2. The third-order valence-electron chi connectivity index (χ3n) is 2.96. The van der Waals surface area contributed by atoms with E-state index in [0.29, 0.717) is 17.7 Å². The van der Waals surface area contributed by atoms with E-state index in [1.54, 1.807) is 12.4 Å². The van der Waals surface area contributed by atoms with E-state index in [1.165, 1.54) is 25.7 Å². The van der Waals surface area contributed by atoms with E-state index in [0.717, 1.165) is 5.25 Å². The molecule has 0 aliphatic heterocycles. The molecule has 16 heavy (non-hydrogen) atoms. The summed E-state index contributed by atoms with van der Waals surface area (Å²) in [4.78, 5) is 8.34. The van der Waals surface area contributed by atoms with Gasteiger partial charge in [-0.1, -0.05) is 6.42 Å². The van der Waals surface area contributed by atoms with Crippen LogP contribution in [0.2, 0.25) is 0 Å². The smallest absolute Gasteiger partial charge is 0.222 e. The van der Waals surface area contributed by atoms with Crippen molar-refractivity contribution >= 4 is 23.4 Å². The van der Waals surface area contributed by atoms with E-state index in [1.807, 2.05) is 11.8 Å². The van der Waals surface area contributed by atoms with Crippen LogP contribution in [0.4, 0.5) is 11.6 Å². The lowest BCUT2D eigenvalue weighted by molar-refractivity contribution is 0.471. The van der Waals surface area contributed by atoms with Gasteiger partial charge in [-0.2, -0.15) is 11.8 Å². The Morgan fingerprint density at radius 1 is 1.38 bits per heavy atom. The summed E-state index contributed by atoms with van der Waals surface area (Å²) >= 11 is 1.96. The van der Waals surface area contributed by atoms with E-state index in [4.69, 9.17) is 5.73 Å². The lowest BCUT2D eigenvalue weighted by Gasteiger charge is -2.28. The second-order valence-corrected chi connectivity index (χ2v) is 5.34. The van der Waals surface area contributed by atoms with E-state index < -0.39 is 0 Å². The van der Waals surface area contributed by atoms with Crippen LogP contribution in [0.5, 0.6) is 0 Å². The zero-order valence-electron chi connectivity index (χ0n) is 9.52. The average Bonchev–Trinajstić information content (AvgIpc) is 2.32. The highest BCUT2D eigenvalue weighted by Crippen LogP contribution is 2.28. The summed E-state index contributed by atoms with van der Waals surface area (Å²) in [7, 11) is 0. The lowest BCUT2D eigenvalue weighted by Crippen LogP contribution is -2.29. The molecule has 1 heterocycles. The molecule has 1 aliphatic rings. The van der Waals surface area contributed by atoms with Gasteiger partial charge in [-0.25, -0.2) is 9.97 Å². The molecule has 2 atom stereocenters. The van der Waals surface area contributed by atoms with Crippen LogP contribution in [0.3, 0.4) is 0 Å². The van der Waals surface area contributed by atoms with Gasteiger partial charge in [0.1, 0.15) is 0 Å². The number of aromatic nitrogens is 2. The number of nitrogens with two attached hydrogens (primary N) is 1. The van der Waals surface area contributed by atoms with Gasteiger partial charge >= 0.3 is 0 Å². The van der Waals surface area contributed by atoms with Crippen molar-refractivity contribution in [3.63, 3.8) is 0 Å². The molecule has 2 unspecified atom stereocenters. The van der Waals surface area contributed by atoms with Gasteiger partial charge in [0.2, 0.25) is 5.95 Å². The molecule has 0 bridgehead atoms. The molecule has 1 aromatic rings. The minimum atomic E-state index is 0.509. The van der Waals surface area contributed by atoms with Gasteiger partial charge in [0.15, 0.2) is 0 Å². The molecule has 0 aromatic carbocycles. The number of nitrogen functional groups attached to an aromatic ring is 1. The van der Waals surface area contributed by atoms with Crippen molar-refractivity contribution in [1.29, 1.82) is 0 Å². The molecule has 0 saturated heterocycles. The fraction of sp³-hybridized carbons (Fsp3) is 0.636. The predicted molar refractivity (Wildman–Crippen MR) is 69.6 cm³/mol. The summed E-state index contributed by atoms with van der Waals surface area (Å²) < 4.78 is 0. The van der Waals surface area contributed by atoms with E-state index in [-0.39, 0.29) is 0 Å². The summed E-state index contributed by atoms with van der Waals surface area (Å²) in [5.41, 5.74) is 6.15. The normalized spacial score (nSPS) is 25.3. The zero-order chi connectivity index (χ0) is 11.4. The maximum absolute atomic E-state index is 5.55. The molecule has 1 fully saturated rings. The van der Waals surface area contributed by atoms with Gasteiger partial charge in [0, 0.05) is 11.3 Å². The molecule has 5 heteroatoms. The fourth-order valence-electron chi connectivity index (χ4n) is 2.09. The maximum Gasteiger partial charge on any atom is 0.222 e. The van der Waals surface area contributed by atoms with Crippen molar-refractivity contribution < 1.29 is 0 Å². The van der Waals surface area contributed by atoms with Crippen molar-refractivity contribution in [1.82, 2.24) is 9.97 Å². The minimum Gasteiger partial charge on any atom is -0.396 e. The van der Waals surface area contributed by atoms with Crippen LogP contribution in [-0.2, 0) is 0 Å². The van der Waals surface area contributed by atoms with Crippen LogP contribution in [-0.4, -0.2) is 27.5 Å². The SMILES string of the molecule is CSC1CCCC(Nc2ncc(N)cn2)C1. The minimum absolute atomic E-state index is 0.509. The Labute approximate surface area is 100 Å². The molecule has 0 spiro atoms. The number of rotatable bonds is 3. The van der Waals surface area contributed by atoms with Crippen LogP contribution in [0, 0.1) is 0 Å². The molecule has 4 nitrogen and oxygen atoms in total. The van der Waals surface area contributed by atoms with Gasteiger partial charge < -0.3 is 11.1 Å². The summed E-state index contributed by atoms with van der Waals surface area (Å²) in [5, 5.41) is 4.16. The first kappa shape index (κ1) is 11.5. The van der Waals surface area contributed by atoms with E-state index >= 15 is 0 Å². The van der Waals surface area contributed by atoms with Crippen molar-refractivity contribution in [3.05, 3.63) is 12.4 Å². The Hall–Kier alpha value is -0.970. The van der Waals surface area contributed by atoms with Gasteiger partial charge in [-0.3, -0.25) is 0 Å². The molecular formula is C11H18N4S. The second-order valence-electron chi connectivity index (χ2n) is 4.21. The molecule has 88 valence electrons. The molecule has 1 aromatic heterocycles. The van der Waals surface area contributed by atoms with Crippen molar-refractivity contribution in [3.8, 4) is 0 Å². The van der Waals surface area contributed by atoms with Gasteiger partial charge in [-0.15, -0.1) is 0 Å². The predicted octanol–water partition coefficient (Wildman–Crippen LogP) is 2.14. The lowest BCUT2D eigenvalue weighted by atomic mass is 9.95. The molecular weight excluding hydrogens is 220 g/mol. The van der Waals surface area contributed by atoms with Gasteiger partial charge in [0.05, 0.1) is 18.1 Å². The summed E-state index contributed by atoms with van der Waals surface area (Å²) in [6.07, 6.45) is 10.5. The Bertz CT molecular complexity index is 327. The fourth-order valence-corrected chi connectivity index (χ4v) is 2.91. The first-order chi connectivity index (χ1) is 7.78. The Morgan fingerprint density at radius 3 is 2.81 bits per heavy atom. The van der Waals surface area contributed by atoms with Crippen LogP contribution >= 0.6 is 11.8 Å². The van der Waals surface area contributed by atoms with Crippen LogP contribution in [0.1, 0.15) is 25.7 Å². The maximum atomic E-state index is 5.55. The molecule has 0 amide bonds. The van der Waals surface area contributed by atoms with Gasteiger partial charge in [-0.05, 0) is 25.5 Å². The number of hydrogen-bond acceptors (Lipinski definition) is 5. The van der Waals surface area contributed by atoms with Crippen LogP contribution in [0.15, 0.2) is 12.4 Å². The second kappa shape index (κ2) is 5.39. The summed E-state index contributed by atoms with van der Waals surface area (Å²) in [6.45, 7) is 0. The standard InChI is InChI=1S/C11H18N4S/c1-16-10-4-2-3-9(5-10)15-11-13-6-8(12)7-14-11/h6-7,9-10H,2-5,12H2,1H3,(H,13,14,15). The molecule has 3 N–H and O–H groups in total. The monoisotopic (exact) mass is 238 g/mol. The largest absolute Gasteiger partial charge is 0.396 e.